The molecule has 0 saturated carbocycles. The highest BCUT2D eigenvalue weighted by atomic mass is 79.9. The number of hydrogen-bond acceptors (Lipinski definition) is 2. The number of para-hydroxylation sites is 1. The minimum Gasteiger partial charge on any atom is -0.489 e. The van der Waals surface area contributed by atoms with Gasteiger partial charge in [-0.3, -0.25) is 0 Å². The van der Waals surface area contributed by atoms with Gasteiger partial charge < -0.3 is 9.30 Å². The van der Waals surface area contributed by atoms with Crippen molar-refractivity contribution in [3.8, 4) is 5.75 Å². The summed E-state index contributed by atoms with van der Waals surface area (Å²) in [4.78, 5) is 4.74. The average molecular weight is 451 g/mol. The van der Waals surface area contributed by atoms with Crippen LogP contribution in [0, 0.1) is 5.82 Å². The first-order chi connectivity index (χ1) is 14.1. The zero-order valence-electron chi connectivity index (χ0n) is 16.0. The number of hydrogen-bond donors (Lipinski definition) is 0. The first kappa shape index (κ1) is 18.4. The van der Waals surface area contributed by atoms with Crippen LogP contribution in [0.3, 0.4) is 0 Å². The fourth-order valence-corrected chi connectivity index (χ4v) is 4.55. The molecule has 3 nitrogen and oxygen atoms in total. The van der Waals surface area contributed by atoms with Gasteiger partial charge in [0.25, 0.3) is 0 Å². The highest BCUT2D eigenvalue weighted by Crippen LogP contribution is 2.45. The fourth-order valence-electron chi connectivity index (χ4n) is 4.22. The standard InChI is InChI=1S/C24H20BrFN2O/c1-15-11-21(28-22-12-18(25)19(26)13-20(22)27-24(15)28)17-9-5-6-10-23(17)29-14-16-7-3-2-4-8-16/h2-10,12-13,15,21H,11,14H2,1H3. The molecule has 0 amide bonds. The Labute approximate surface area is 177 Å². The van der Waals surface area contributed by atoms with Crippen LogP contribution in [-0.4, -0.2) is 9.55 Å². The molecule has 146 valence electrons. The highest BCUT2D eigenvalue weighted by Gasteiger charge is 2.34. The van der Waals surface area contributed by atoms with Gasteiger partial charge in [0.05, 0.1) is 21.5 Å². The summed E-state index contributed by atoms with van der Waals surface area (Å²) in [6.45, 7) is 2.70. The van der Waals surface area contributed by atoms with Crippen molar-refractivity contribution in [1.29, 1.82) is 0 Å². The Balaban J connectivity index is 1.56. The molecule has 29 heavy (non-hydrogen) atoms. The van der Waals surface area contributed by atoms with Gasteiger partial charge in [0, 0.05) is 17.5 Å². The molecule has 0 spiro atoms. The van der Waals surface area contributed by atoms with E-state index in [4.69, 9.17) is 9.72 Å². The molecule has 1 aliphatic rings. The number of imidazole rings is 1. The average Bonchev–Trinajstić information content (AvgIpc) is 3.25. The van der Waals surface area contributed by atoms with Crippen LogP contribution in [0.2, 0.25) is 0 Å². The third-order valence-corrected chi connectivity index (χ3v) is 6.21. The van der Waals surface area contributed by atoms with Crippen molar-refractivity contribution in [2.24, 2.45) is 0 Å². The van der Waals surface area contributed by atoms with E-state index in [0.29, 0.717) is 16.6 Å². The second kappa shape index (κ2) is 7.30. The van der Waals surface area contributed by atoms with Crippen LogP contribution in [0.25, 0.3) is 11.0 Å². The van der Waals surface area contributed by atoms with Gasteiger partial charge in [-0.05, 0) is 40.0 Å². The summed E-state index contributed by atoms with van der Waals surface area (Å²) in [5.41, 5.74) is 3.91. The molecular weight excluding hydrogens is 431 g/mol. The van der Waals surface area contributed by atoms with Crippen LogP contribution in [0.5, 0.6) is 5.75 Å². The maximum atomic E-state index is 14.0. The molecule has 2 atom stereocenters. The summed E-state index contributed by atoms with van der Waals surface area (Å²) >= 11 is 3.33. The first-order valence-electron chi connectivity index (χ1n) is 9.74. The SMILES string of the molecule is CC1CC(c2ccccc2OCc2ccccc2)n2c1nc1cc(F)c(Br)cc12. The number of ether oxygens (including phenoxy) is 1. The summed E-state index contributed by atoms with van der Waals surface area (Å²) in [6.07, 6.45) is 0.943. The number of halogens is 2. The molecule has 2 heterocycles. The van der Waals surface area contributed by atoms with Gasteiger partial charge in [0.15, 0.2) is 0 Å². The quantitative estimate of drug-likeness (QED) is 0.349. The molecule has 4 aromatic rings. The van der Waals surface area contributed by atoms with Crippen LogP contribution < -0.4 is 4.74 Å². The zero-order valence-corrected chi connectivity index (χ0v) is 17.6. The molecule has 0 bridgehead atoms. The lowest BCUT2D eigenvalue weighted by molar-refractivity contribution is 0.300. The van der Waals surface area contributed by atoms with Gasteiger partial charge in [-0.25, -0.2) is 9.37 Å². The number of benzene rings is 3. The Kier molecular flexibility index (Phi) is 4.63. The van der Waals surface area contributed by atoms with Gasteiger partial charge in [-0.15, -0.1) is 0 Å². The molecule has 0 radical (unpaired) electrons. The van der Waals surface area contributed by atoms with E-state index >= 15 is 0 Å². The van der Waals surface area contributed by atoms with Crippen LogP contribution in [0.15, 0.2) is 71.2 Å². The minimum absolute atomic E-state index is 0.106. The lowest BCUT2D eigenvalue weighted by Crippen LogP contribution is -2.08. The second-order valence-electron chi connectivity index (χ2n) is 7.56. The summed E-state index contributed by atoms with van der Waals surface area (Å²) in [5, 5.41) is 0. The largest absolute Gasteiger partial charge is 0.489 e. The van der Waals surface area contributed by atoms with Crippen molar-refractivity contribution in [2.45, 2.75) is 31.9 Å². The van der Waals surface area contributed by atoms with Crippen LogP contribution in [0.4, 0.5) is 4.39 Å². The van der Waals surface area contributed by atoms with Crippen molar-refractivity contribution in [2.75, 3.05) is 0 Å². The molecule has 0 fully saturated rings. The van der Waals surface area contributed by atoms with Crippen LogP contribution in [0.1, 0.15) is 42.3 Å². The van der Waals surface area contributed by atoms with E-state index in [9.17, 15) is 4.39 Å². The normalized spacial score (nSPS) is 18.2. The molecule has 1 aromatic heterocycles. The second-order valence-corrected chi connectivity index (χ2v) is 8.41. The molecule has 0 aliphatic carbocycles. The minimum atomic E-state index is -0.287. The molecule has 0 N–H and O–H groups in total. The Hall–Kier alpha value is -2.66. The number of fused-ring (bicyclic) bond motifs is 3. The highest BCUT2D eigenvalue weighted by molar-refractivity contribution is 9.10. The van der Waals surface area contributed by atoms with Crippen LogP contribution in [-0.2, 0) is 6.61 Å². The molecule has 5 heteroatoms. The van der Waals surface area contributed by atoms with Gasteiger partial charge in [-0.1, -0.05) is 55.5 Å². The lowest BCUT2D eigenvalue weighted by Gasteiger charge is -2.19. The van der Waals surface area contributed by atoms with E-state index in [1.807, 2.05) is 42.5 Å². The van der Waals surface area contributed by atoms with E-state index in [2.05, 4.69) is 45.6 Å². The smallest absolute Gasteiger partial charge is 0.139 e. The van der Waals surface area contributed by atoms with Crippen molar-refractivity contribution in [3.05, 3.63) is 94.0 Å². The van der Waals surface area contributed by atoms with Gasteiger partial charge in [-0.2, -0.15) is 0 Å². The Morgan fingerprint density at radius 1 is 1.10 bits per heavy atom. The summed E-state index contributed by atoms with van der Waals surface area (Å²) in [7, 11) is 0. The Morgan fingerprint density at radius 2 is 1.86 bits per heavy atom. The van der Waals surface area contributed by atoms with E-state index < -0.39 is 0 Å². The van der Waals surface area contributed by atoms with Gasteiger partial charge >= 0.3 is 0 Å². The zero-order chi connectivity index (χ0) is 20.0. The first-order valence-corrected chi connectivity index (χ1v) is 10.5. The maximum absolute atomic E-state index is 14.0. The number of nitrogens with zero attached hydrogens (tertiary/aromatic N) is 2. The molecule has 3 aromatic carbocycles. The van der Waals surface area contributed by atoms with Gasteiger partial charge in [0.2, 0.25) is 0 Å². The van der Waals surface area contributed by atoms with E-state index in [0.717, 1.165) is 34.6 Å². The molecular formula is C24H20BrFN2O. The van der Waals surface area contributed by atoms with Gasteiger partial charge in [0.1, 0.15) is 24.0 Å². The lowest BCUT2D eigenvalue weighted by atomic mass is 9.99. The summed E-state index contributed by atoms with van der Waals surface area (Å²) < 4.78 is 23.0. The van der Waals surface area contributed by atoms with Crippen molar-refractivity contribution in [1.82, 2.24) is 9.55 Å². The predicted octanol–water partition coefficient (Wildman–Crippen LogP) is 6.61. The van der Waals surface area contributed by atoms with Crippen molar-refractivity contribution < 1.29 is 9.13 Å². The monoisotopic (exact) mass is 450 g/mol. The summed E-state index contributed by atoms with van der Waals surface area (Å²) in [6, 6.07) is 21.8. The molecule has 5 rings (SSSR count). The van der Waals surface area contributed by atoms with Crippen LogP contribution >= 0.6 is 15.9 Å². The van der Waals surface area contributed by atoms with Crippen molar-refractivity contribution in [3.63, 3.8) is 0 Å². The third kappa shape index (κ3) is 3.23. The predicted molar refractivity (Wildman–Crippen MR) is 116 cm³/mol. The van der Waals surface area contributed by atoms with E-state index in [1.165, 1.54) is 6.07 Å². The topological polar surface area (TPSA) is 27.1 Å². The molecule has 1 aliphatic heterocycles. The fraction of sp³-hybridized carbons (Fsp3) is 0.208. The number of rotatable bonds is 4. The third-order valence-electron chi connectivity index (χ3n) is 5.60. The number of aromatic nitrogens is 2. The van der Waals surface area contributed by atoms with E-state index in [1.54, 1.807) is 0 Å². The van der Waals surface area contributed by atoms with E-state index in [-0.39, 0.29) is 17.8 Å². The molecule has 2 unspecified atom stereocenters. The Bertz CT molecular complexity index is 1190. The summed E-state index contributed by atoms with van der Waals surface area (Å²) in [5.74, 6) is 1.88. The van der Waals surface area contributed by atoms with Crippen molar-refractivity contribution >= 4 is 27.0 Å². The molecule has 0 saturated heterocycles. The Morgan fingerprint density at radius 3 is 2.69 bits per heavy atom. The maximum Gasteiger partial charge on any atom is 0.139 e.